The lowest BCUT2D eigenvalue weighted by Crippen LogP contribution is -2.57. The van der Waals surface area contributed by atoms with Crippen LogP contribution in [0.3, 0.4) is 0 Å². The van der Waals surface area contributed by atoms with Gasteiger partial charge >= 0.3 is 0 Å². The van der Waals surface area contributed by atoms with E-state index >= 15 is 0 Å². The van der Waals surface area contributed by atoms with Gasteiger partial charge in [-0.3, -0.25) is 9.58 Å². The van der Waals surface area contributed by atoms with Crippen LogP contribution in [-0.2, 0) is 6.54 Å². The molecule has 1 aliphatic carbocycles. The van der Waals surface area contributed by atoms with Crippen LogP contribution in [0.5, 0.6) is 0 Å². The van der Waals surface area contributed by atoms with Crippen molar-refractivity contribution in [1.29, 1.82) is 0 Å². The second kappa shape index (κ2) is 6.06. The highest BCUT2D eigenvalue weighted by Gasteiger charge is 2.38. The number of piperazine rings is 1. The zero-order chi connectivity index (χ0) is 13.1. The highest BCUT2D eigenvalue weighted by Crippen LogP contribution is 2.36. The van der Waals surface area contributed by atoms with Crippen LogP contribution in [0.2, 0.25) is 0 Å². The lowest BCUT2D eigenvalue weighted by Gasteiger charge is -2.40. The Bertz CT molecular complexity index is 372. The third-order valence-corrected chi connectivity index (χ3v) is 4.52. The molecule has 1 aromatic heterocycles. The first-order valence-electron chi connectivity index (χ1n) is 7.81. The molecule has 2 unspecified atom stereocenters. The minimum atomic E-state index is 0.692. The third kappa shape index (κ3) is 3.37. The standard InChI is InChI=1S/C15H26N4/c1-2-4-14-12-18(9-10-19-8-3-7-17-19)15(11-16-14)13-5-6-13/h3,7-8,13-16H,2,4-6,9-12H2,1H3. The summed E-state index contributed by atoms with van der Waals surface area (Å²) in [6.45, 7) is 6.85. The van der Waals surface area contributed by atoms with Gasteiger partial charge < -0.3 is 5.32 Å². The predicted octanol–water partition coefficient (Wildman–Crippen LogP) is 1.74. The average molecular weight is 262 g/mol. The highest BCUT2D eigenvalue weighted by molar-refractivity contribution is 4.95. The van der Waals surface area contributed by atoms with Crippen molar-refractivity contribution in [2.75, 3.05) is 19.6 Å². The second-order valence-electron chi connectivity index (χ2n) is 6.06. The van der Waals surface area contributed by atoms with Gasteiger partial charge in [-0.2, -0.15) is 5.10 Å². The monoisotopic (exact) mass is 262 g/mol. The van der Waals surface area contributed by atoms with E-state index in [0.717, 1.165) is 25.0 Å². The summed E-state index contributed by atoms with van der Waals surface area (Å²) in [7, 11) is 0. The van der Waals surface area contributed by atoms with Crippen LogP contribution in [0.25, 0.3) is 0 Å². The SMILES string of the molecule is CCCC1CN(CCn2cccn2)C(C2CC2)CN1. The van der Waals surface area contributed by atoms with E-state index in [4.69, 9.17) is 0 Å². The first-order valence-corrected chi connectivity index (χ1v) is 7.81. The molecule has 0 bridgehead atoms. The molecule has 1 saturated heterocycles. The first-order chi connectivity index (χ1) is 9.36. The highest BCUT2D eigenvalue weighted by atomic mass is 15.3. The minimum absolute atomic E-state index is 0.692. The third-order valence-electron chi connectivity index (χ3n) is 4.52. The Hall–Kier alpha value is -0.870. The van der Waals surface area contributed by atoms with Gasteiger partial charge in [-0.15, -0.1) is 0 Å². The van der Waals surface area contributed by atoms with Gasteiger partial charge in [0.05, 0.1) is 6.54 Å². The fourth-order valence-electron chi connectivity index (χ4n) is 3.31. The average Bonchev–Trinajstić information content (AvgIpc) is 3.13. The van der Waals surface area contributed by atoms with Gasteiger partial charge in [0.1, 0.15) is 0 Å². The Morgan fingerprint density at radius 1 is 1.32 bits per heavy atom. The van der Waals surface area contributed by atoms with Crippen LogP contribution < -0.4 is 5.32 Å². The van der Waals surface area contributed by atoms with E-state index in [0.29, 0.717) is 6.04 Å². The molecule has 0 amide bonds. The summed E-state index contributed by atoms with van der Waals surface area (Å²) >= 11 is 0. The van der Waals surface area contributed by atoms with Gasteiger partial charge in [0.2, 0.25) is 0 Å². The van der Waals surface area contributed by atoms with Crippen LogP contribution in [-0.4, -0.2) is 46.4 Å². The summed E-state index contributed by atoms with van der Waals surface area (Å²) in [6, 6.07) is 3.47. The molecule has 1 aliphatic heterocycles. The molecule has 2 atom stereocenters. The van der Waals surface area contributed by atoms with E-state index < -0.39 is 0 Å². The van der Waals surface area contributed by atoms with E-state index in [9.17, 15) is 0 Å². The van der Waals surface area contributed by atoms with Gasteiger partial charge in [0.25, 0.3) is 0 Å². The number of nitrogens with zero attached hydrogens (tertiary/aromatic N) is 3. The van der Waals surface area contributed by atoms with Crippen molar-refractivity contribution in [3.05, 3.63) is 18.5 Å². The normalized spacial score (nSPS) is 28.7. The van der Waals surface area contributed by atoms with E-state index in [1.54, 1.807) is 0 Å². The fraction of sp³-hybridized carbons (Fsp3) is 0.800. The summed E-state index contributed by atoms with van der Waals surface area (Å²) in [5.41, 5.74) is 0. The van der Waals surface area contributed by atoms with Crippen molar-refractivity contribution in [3.8, 4) is 0 Å². The van der Waals surface area contributed by atoms with E-state index in [1.165, 1.54) is 38.8 Å². The summed E-state index contributed by atoms with van der Waals surface area (Å²) in [5.74, 6) is 0.952. The Morgan fingerprint density at radius 3 is 2.89 bits per heavy atom. The molecule has 2 aliphatic rings. The summed E-state index contributed by atoms with van der Waals surface area (Å²) in [6.07, 6.45) is 9.38. The molecular formula is C15H26N4. The summed E-state index contributed by atoms with van der Waals surface area (Å²) < 4.78 is 2.06. The zero-order valence-electron chi connectivity index (χ0n) is 12.0. The van der Waals surface area contributed by atoms with E-state index in [-0.39, 0.29) is 0 Å². The first kappa shape index (κ1) is 13.1. The molecule has 106 valence electrons. The van der Waals surface area contributed by atoms with Gasteiger partial charge in [0.15, 0.2) is 0 Å². The van der Waals surface area contributed by atoms with Crippen molar-refractivity contribution in [3.63, 3.8) is 0 Å². The Balaban J connectivity index is 1.56. The zero-order valence-corrected chi connectivity index (χ0v) is 12.0. The van der Waals surface area contributed by atoms with Crippen molar-refractivity contribution >= 4 is 0 Å². The van der Waals surface area contributed by atoms with Crippen molar-refractivity contribution in [2.24, 2.45) is 5.92 Å². The molecule has 0 spiro atoms. The topological polar surface area (TPSA) is 33.1 Å². The molecule has 1 saturated carbocycles. The summed E-state index contributed by atoms with van der Waals surface area (Å²) in [4.78, 5) is 2.72. The van der Waals surface area contributed by atoms with E-state index in [1.807, 2.05) is 12.3 Å². The second-order valence-corrected chi connectivity index (χ2v) is 6.06. The maximum absolute atomic E-state index is 4.32. The maximum Gasteiger partial charge on any atom is 0.0536 e. The van der Waals surface area contributed by atoms with Gasteiger partial charge in [-0.05, 0) is 31.2 Å². The Kier molecular flexibility index (Phi) is 4.18. The molecule has 2 heterocycles. The predicted molar refractivity (Wildman–Crippen MR) is 77.0 cm³/mol. The van der Waals surface area contributed by atoms with Crippen LogP contribution in [0, 0.1) is 5.92 Å². The maximum atomic E-state index is 4.32. The fourth-order valence-corrected chi connectivity index (χ4v) is 3.31. The van der Waals surface area contributed by atoms with Crippen LogP contribution in [0.15, 0.2) is 18.5 Å². The quantitative estimate of drug-likeness (QED) is 0.847. The molecule has 0 radical (unpaired) electrons. The van der Waals surface area contributed by atoms with Crippen LogP contribution >= 0.6 is 0 Å². The molecule has 19 heavy (non-hydrogen) atoms. The van der Waals surface area contributed by atoms with Crippen molar-refractivity contribution < 1.29 is 0 Å². The number of nitrogens with one attached hydrogen (secondary N) is 1. The van der Waals surface area contributed by atoms with Gasteiger partial charge in [0, 0.05) is 44.1 Å². The molecule has 4 nitrogen and oxygen atoms in total. The molecule has 3 rings (SSSR count). The summed E-state index contributed by atoms with van der Waals surface area (Å²) in [5, 5.41) is 8.07. The number of hydrogen-bond donors (Lipinski definition) is 1. The number of rotatable bonds is 6. The molecule has 0 aromatic carbocycles. The Morgan fingerprint density at radius 2 is 2.21 bits per heavy atom. The number of aromatic nitrogens is 2. The van der Waals surface area contributed by atoms with E-state index in [2.05, 4.69) is 33.1 Å². The Labute approximate surface area is 116 Å². The van der Waals surface area contributed by atoms with Crippen molar-refractivity contribution in [1.82, 2.24) is 20.0 Å². The molecule has 4 heteroatoms. The molecule has 1 N–H and O–H groups in total. The molecule has 1 aromatic rings. The smallest absolute Gasteiger partial charge is 0.0536 e. The van der Waals surface area contributed by atoms with Crippen LogP contribution in [0.4, 0.5) is 0 Å². The van der Waals surface area contributed by atoms with Crippen molar-refractivity contribution in [2.45, 2.75) is 51.2 Å². The van der Waals surface area contributed by atoms with Gasteiger partial charge in [-0.25, -0.2) is 0 Å². The largest absolute Gasteiger partial charge is 0.311 e. The molecular weight excluding hydrogens is 236 g/mol. The number of hydrogen-bond acceptors (Lipinski definition) is 3. The lowest BCUT2D eigenvalue weighted by molar-refractivity contribution is 0.106. The van der Waals surface area contributed by atoms with Crippen LogP contribution in [0.1, 0.15) is 32.6 Å². The van der Waals surface area contributed by atoms with Gasteiger partial charge in [-0.1, -0.05) is 13.3 Å². The molecule has 2 fully saturated rings. The lowest BCUT2D eigenvalue weighted by atomic mass is 10.0. The minimum Gasteiger partial charge on any atom is -0.311 e.